The van der Waals surface area contributed by atoms with E-state index in [2.05, 4.69) is 15.1 Å². The number of ether oxygens (including phenoxy) is 1. The molecular formula is C30H27ClN4O3S. The summed E-state index contributed by atoms with van der Waals surface area (Å²) in [6, 6.07) is 24.0. The van der Waals surface area contributed by atoms with Gasteiger partial charge in [0.1, 0.15) is 0 Å². The summed E-state index contributed by atoms with van der Waals surface area (Å²) in [6.07, 6.45) is 2.68. The summed E-state index contributed by atoms with van der Waals surface area (Å²) in [4.78, 5) is 32.8. The van der Waals surface area contributed by atoms with Gasteiger partial charge in [-0.3, -0.25) is 4.40 Å². The maximum atomic E-state index is 13.4. The summed E-state index contributed by atoms with van der Waals surface area (Å²) in [5.74, 6) is -0.387. The van der Waals surface area contributed by atoms with E-state index < -0.39 is 0 Å². The molecule has 0 aliphatic rings. The zero-order chi connectivity index (χ0) is 27.2. The molecule has 0 spiro atoms. The van der Waals surface area contributed by atoms with Crippen molar-refractivity contribution in [2.24, 2.45) is 0 Å². The molecule has 2 aromatic heterocycles. The number of esters is 1. The van der Waals surface area contributed by atoms with Gasteiger partial charge in [0.2, 0.25) is 0 Å². The van der Waals surface area contributed by atoms with E-state index in [1.54, 1.807) is 47.4 Å². The maximum absolute atomic E-state index is 13.4. The lowest BCUT2D eigenvalue weighted by Crippen LogP contribution is -2.36. The van der Waals surface area contributed by atoms with Gasteiger partial charge in [0, 0.05) is 53.1 Å². The lowest BCUT2D eigenvalue weighted by atomic mass is 10.2. The Hall–Kier alpha value is -4.14. The van der Waals surface area contributed by atoms with Crippen molar-refractivity contribution in [3.05, 3.63) is 112 Å². The van der Waals surface area contributed by atoms with Crippen LogP contribution in [0.4, 0.5) is 10.5 Å². The molecule has 39 heavy (non-hydrogen) atoms. The number of aromatic nitrogens is 2. The third-order valence-corrected chi connectivity index (χ3v) is 7.35. The number of rotatable bonds is 9. The van der Waals surface area contributed by atoms with Crippen molar-refractivity contribution in [2.75, 3.05) is 18.5 Å². The van der Waals surface area contributed by atoms with Gasteiger partial charge in [-0.05, 0) is 48.9 Å². The van der Waals surface area contributed by atoms with Crippen LogP contribution in [-0.4, -0.2) is 39.4 Å². The van der Waals surface area contributed by atoms with Crippen molar-refractivity contribution >= 4 is 45.6 Å². The number of hydrogen-bond donors (Lipinski definition) is 1. The molecule has 0 aliphatic heterocycles. The fourth-order valence-electron chi connectivity index (χ4n) is 4.18. The summed E-state index contributed by atoms with van der Waals surface area (Å²) in [5, 5.41) is 5.74. The van der Waals surface area contributed by atoms with Crippen molar-refractivity contribution < 1.29 is 14.3 Å². The molecule has 9 heteroatoms. The number of amides is 2. The quantitative estimate of drug-likeness (QED) is 0.195. The molecule has 2 amide bonds. The first-order valence-electron chi connectivity index (χ1n) is 12.6. The van der Waals surface area contributed by atoms with Crippen LogP contribution in [0.2, 0.25) is 5.02 Å². The van der Waals surface area contributed by atoms with E-state index in [0.717, 1.165) is 27.5 Å². The molecule has 1 N–H and O–H groups in total. The Balaban J connectivity index is 1.31. The fourth-order valence-corrected chi connectivity index (χ4v) is 5.21. The van der Waals surface area contributed by atoms with E-state index in [-0.39, 0.29) is 12.0 Å². The van der Waals surface area contributed by atoms with Crippen LogP contribution in [0.3, 0.4) is 0 Å². The van der Waals surface area contributed by atoms with E-state index in [1.807, 2.05) is 60.8 Å². The molecule has 0 unspecified atom stereocenters. The molecule has 0 radical (unpaired) electrons. The average Bonchev–Trinajstić information content (AvgIpc) is 3.54. The van der Waals surface area contributed by atoms with Crippen molar-refractivity contribution in [1.29, 1.82) is 0 Å². The Morgan fingerprint density at radius 1 is 1.03 bits per heavy atom. The number of carbonyl (C=O) groups is 2. The maximum Gasteiger partial charge on any atom is 0.338 e. The lowest BCUT2D eigenvalue weighted by molar-refractivity contribution is 0.0526. The molecule has 0 bridgehead atoms. The highest BCUT2D eigenvalue weighted by atomic mass is 35.5. The normalized spacial score (nSPS) is 10.9. The zero-order valence-corrected chi connectivity index (χ0v) is 22.9. The van der Waals surface area contributed by atoms with Gasteiger partial charge in [0.25, 0.3) is 0 Å². The number of thiazole rings is 1. The second-order valence-electron chi connectivity index (χ2n) is 8.90. The fraction of sp³-hybridized carbons (Fsp3) is 0.167. The second kappa shape index (κ2) is 12.1. The topological polar surface area (TPSA) is 75.9 Å². The molecule has 5 aromatic rings. The minimum absolute atomic E-state index is 0.221. The van der Waals surface area contributed by atoms with Gasteiger partial charge in [-0.25, -0.2) is 14.6 Å². The van der Waals surface area contributed by atoms with Crippen LogP contribution < -0.4 is 5.32 Å². The van der Waals surface area contributed by atoms with Gasteiger partial charge >= 0.3 is 12.0 Å². The van der Waals surface area contributed by atoms with E-state index in [4.69, 9.17) is 21.3 Å². The molecule has 5 rings (SSSR count). The van der Waals surface area contributed by atoms with Crippen LogP contribution in [-0.2, 0) is 17.7 Å². The number of anilines is 1. The Morgan fingerprint density at radius 2 is 1.77 bits per heavy atom. The van der Waals surface area contributed by atoms with Crippen LogP contribution in [0, 0.1) is 0 Å². The number of carbonyl (C=O) groups excluding carboxylic acids is 2. The first-order valence-corrected chi connectivity index (χ1v) is 13.8. The van der Waals surface area contributed by atoms with Crippen molar-refractivity contribution in [3.8, 4) is 11.3 Å². The molecule has 0 atom stereocenters. The van der Waals surface area contributed by atoms with Crippen molar-refractivity contribution in [3.63, 3.8) is 0 Å². The summed E-state index contributed by atoms with van der Waals surface area (Å²) in [5.41, 5.74) is 5.04. The molecule has 198 valence electrons. The van der Waals surface area contributed by atoms with E-state index in [1.165, 1.54) is 0 Å². The molecular weight excluding hydrogens is 532 g/mol. The summed E-state index contributed by atoms with van der Waals surface area (Å²) >= 11 is 7.61. The second-order valence-corrected chi connectivity index (χ2v) is 10.2. The predicted octanol–water partition coefficient (Wildman–Crippen LogP) is 7.17. The van der Waals surface area contributed by atoms with Crippen LogP contribution in [0.15, 0.2) is 90.4 Å². The average molecular weight is 559 g/mol. The highest BCUT2D eigenvalue weighted by Gasteiger charge is 2.17. The number of urea groups is 1. The third kappa shape index (κ3) is 6.47. The number of hydrogen-bond acceptors (Lipinski definition) is 5. The van der Waals surface area contributed by atoms with E-state index in [9.17, 15) is 9.59 Å². The Morgan fingerprint density at radius 3 is 2.49 bits per heavy atom. The molecule has 7 nitrogen and oxygen atoms in total. The molecule has 0 fully saturated rings. The van der Waals surface area contributed by atoms with Gasteiger partial charge in [0.15, 0.2) is 4.96 Å². The predicted molar refractivity (Wildman–Crippen MR) is 155 cm³/mol. The van der Waals surface area contributed by atoms with Gasteiger partial charge in [-0.15, -0.1) is 11.3 Å². The summed E-state index contributed by atoms with van der Waals surface area (Å²) in [6.45, 7) is 3.03. The Bertz CT molecular complexity index is 1560. The van der Waals surface area contributed by atoms with E-state index >= 15 is 0 Å². The van der Waals surface area contributed by atoms with Crippen LogP contribution in [0.1, 0.15) is 28.5 Å². The molecule has 3 aromatic carbocycles. The van der Waals surface area contributed by atoms with Crippen molar-refractivity contribution in [1.82, 2.24) is 14.3 Å². The SMILES string of the molecule is CCOC(=O)c1ccc(NC(=O)N(CCc2csc3nc(-c4ccc(Cl)cc4)cn23)Cc2ccccc2)cc1. The van der Waals surface area contributed by atoms with E-state index in [0.29, 0.717) is 42.4 Å². The standard InChI is InChI=1S/C30H27ClN4O3S/c1-2-38-28(36)23-10-14-25(15-11-23)32-29(37)34(18-21-6-4-3-5-7-21)17-16-26-20-39-30-33-27(19-35(26)30)22-8-12-24(31)13-9-22/h3-15,19-20H,2,16-18H2,1H3,(H,32,37). The third-order valence-electron chi connectivity index (χ3n) is 6.21. The van der Waals surface area contributed by atoms with Gasteiger partial charge in [0.05, 0.1) is 17.9 Å². The zero-order valence-electron chi connectivity index (χ0n) is 21.3. The molecule has 0 saturated heterocycles. The lowest BCUT2D eigenvalue weighted by Gasteiger charge is -2.23. The summed E-state index contributed by atoms with van der Waals surface area (Å²) in [7, 11) is 0. The van der Waals surface area contributed by atoms with Gasteiger partial charge < -0.3 is 15.0 Å². The number of fused-ring (bicyclic) bond motifs is 1. The minimum Gasteiger partial charge on any atom is -0.462 e. The van der Waals surface area contributed by atoms with Crippen LogP contribution >= 0.6 is 22.9 Å². The first-order chi connectivity index (χ1) is 19.0. The number of imidazole rings is 1. The monoisotopic (exact) mass is 558 g/mol. The highest BCUT2D eigenvalue weighted by Crippen LogP contribution is 2.25. The molecule has 2 heterocycles. The van der Waals surface area contributed by atoms with Gasteiger partial charge in [-0.2, -0.15) is 0 Å². The van der Waals surface area contributed by atoms with Crippen LogP contribution in [0.5, 0.6) is 0 Å². The number of nitrogens with one attached hydrogen (secondary N) is 1. The number of halogens is 1. The number of benzene rings is 3. The highest BCUT2D eigenvalue weighted by molar-refractivity contribution is 7.15. The Labute approximate surface area is 235 Å². The molecule has 0 saturated carbocycles. The number of nitrogens with zero attached hydrogens (tertiary/aromatic N) is 3. The summed E-state index contributed by atoms with van der Waals surface area (Å²) < 4.78 is 7.12. The van der Waals surface area contributed by atoms with Gasteiger partial charge in [-0.1, -0.05) is 54.1 Å². The first kappa shape index (κ1) is 26.5. The smallest absolute Gasteiger partial charge is 0.338 e. The molecule has 0 aliphatic carbocycles. The van der Waals surface area contributed by atoms with Crippen molar-refractivity contribution in [2.45, 2.75) is 19.9 Å². The largest absolute Gasteiger partial charge is 0.462 e. The van der Waals surface area contributed by atoms with Crippen LogP contribution in [0.25, 0.3) is 16.2 Å². The Kier molecular flexibility index (Phi) is 8.24. The minimum atomic E-state index is -0.387.